The van der Waals surface area contributed by atoms with Crippen molar-refractivity contribution in [1.82, 2.24) is 25.1 Å². The van der Waals surface area contributed by atoms with Gasteiger partial charge < -0.3 is 37.4 Å². The normalized spacial score (nSPS) is 16.4. The zero-order valence-corrected chi connectivity index (χ0v) is 40.1. The first-order valence-corrected chi connectivity index (χ1v) is 22.6. The van der Waals surface area contributed by atoms with Crippen molar-refractivity contribution in [2.75, 3.05) is 41.3 Å². The van der Waals surface area contributed by atoms with Crippen LogP contribution in [0.3, 0.4) is 0 Å². The number of hydrogen-bond donors (Lipinski definition) is 5. The molecule has 2 fully saturated rings. The lowest BCUT2D eigenvalue weighted by molar-refractivity contribution is -0.196. The maximum absolute atomic E-state index is 13.9. The topological polar surface area (TPSA) is 211 Å². The van der Waals surface area contributed by atoms with Crippen molar-refractivity contribution >= 4 is 46.9 Å². The summed E-state index contributed by atoms with van der Waals surface area (Å²) in [5.74, 6) is -4.77. The molecule has 13 nitrogen and oxygen atoms in total. The first-order valence-electron chi connectivity index (χ1n) is 21.9. The number of pyridine rings is 2. The Balaban J connectivity index is 0.000000249. The Morgan fingerprint density at radius 3 is 1.41 bits per heavy atom. The first kappa shape index (κ1) is 56.2. The van der Waals surface area contributed by atoms with E-state index in [0.717, 1.165) is 17.5 Å². The van der Waals surface area contributed by atoms with Gasteiger partial charge in [-0.3, -0.25) is 29.1 Å². The van der Waals surface area contributed by atoms with Gasteiger partial charge in [-0.15, -0.1) is 0 Å². The van der Waals surface area contributed by atoms with Gasteiger partial charge in [-0.1, -0.05) is 47.5 Å². The Bertz CT molecular complexity index is 2370. The van der Waals surface area contributed by atoms with E-state index in [2.05, 4.69) is 20.2 Å². The summed E-state index contributed by atoms with van der Waals surface area (Å²) >= 11 is 12.4. The molecule has 4 atom stereocenters. The Labute approximate surface area is 407 Å². The third-order valence-electron chi connectivity index (χ3n) is 12.8. The summed E-state index contributed by atoms with van der Waals surface area (Å²) in [6, 6.07) is 16.2. The third-order valence-corrected chi connectivity index (χ3v) is 13.5. The molecule has 4 aromatic rings. The molecule has 2 aliphatic rings. The van der Waals surface area contributed by atoms with Crippen LogP contribution in [0.25, 0.3) is 0 Å². The third kappa shape index (κ3) is 15.1. The molecule has 8 N–H and O–H groups in total. The molecule has 2 heterocycles. The minimum Gasteiger partial charge on any atom is -0.481 e. The molecule has 0 radical (unpaired) electrons. The average molecular weight is 1010 g/mol. The van der Waals surface area contributed by atoms with Crippen molar-refractivity contribution in [2.45, 2.75) is 87.6 Å². The van der Waals surface area contributed by atoms with Gasteiger partial charge in [0.15, 0.2) is 0 Å². The predicted octanol–water partition coefficient (Wildman–Crippen LogP) is 7.79. The largest absolute Gasteiger partial charge is 0.481 e. The van der Waals surface area contributed by atoms with Crippen molar-refractivity contribution in [3.63, 3.8) is 0 Å². The molecule has 6 rings (SSSR count). The van der Waals surface area contributed by atoms with Gasteiger partial charge in [-0.2, -0.15) is 26.3 Å². The standard InChI is InChI=1S/C24H28ClF3N4O2.C12H18ClN3O.C12H12F3NO2/c1-32(2)18(10-15-5-6-16(22(29)34)11-20(15)25)14-31-21(33)12-19(17-4-3-9-30-13-17)23(7-8-23)24(26,27)28;1-16(2)10(7-14)5-8-3-4-9(12(15)17)6-11(8)13;13-12(14,15)11(3-4-11)9(6-10(17)18)8-2-1-5-16-7-8/h3-6,9,11,13,18-19H,7-8,10,12,14H2,1-2H3,(H2,29,34)(H,31,33);3-4,6,10H,5,7,14H2,1-2H3,(H2,15,17);1-2,5,7,9H,3-4,6H2,(H,17,18)/t18-,19?;10-;/m00./s1. The maximum atomic E-state index is 13.9. The number of rotatable bonds is 19. The van der Waals surface area contributed by atoms with E-state index in [0.29, 0.717) is 45.3 Å². The monoisotopic (exact) mass is 1010 g/mol. The number of halogens is 8. The number of carbonyl (C=O) groups is 4. The van der Waals surface area contributed by atoms with Gasteiger partial charge in [-0.05, 0) is 125 Å². The van der Waals surface area contributed by atoms with Gasteiger partial charge in [0.2, 0.25) is 17.7 Å². The summed E-state index contributed by atoms with van der Waals surface area (Å²) in [6.45, 7) is 0.777. The zero-order valence-electron chi connectivity index (χ0n) is 38.6. The van der Waals surface area contributed by atoms with Gasteiger partial charge >= 0.3 is 18.3 Å². The molecule has 69 heavy (non-hydrogen) atoms. The Morgan fingerprint density at radius 2 is 1.10 bits per heavy atom. The molecule has 0 bridgehead atoms. The van der Waals surface area contributed by atoms with Crippen molar-refractivity contribution < 1.29 is 50.6 Å². The summed E-state index contributed by atoms with van der Waals surface area (Å²) in [5.41, 5.74) is 15.6. The minimum atomic E-state index is -4.40. The first-order chi connectivity index (χ1) is 32.3. The molecule has 2 aliphatic carbocycles. The quantitative estimate of drug-likeness (QED) is 0.0576. The van der Waals surface area contributed by atoms with E-state index < -0.39 is 65.1 Å². The molecule has 0 aliphatic heterocycles. The molecule has 0 spiro atoms. The smallest absolute Gasteiger partial charge is 0.395 e. The highest BCUT2D eigenvalue weighted by Crippen LogP contribution is 2.67. The summed E-state index contributed by atoms with van der Waals surface area (Å²) < 4.78 is 80.8. The van der Waals surface area contributed by atoms with Crippen LogP contribution in [0.1, 0.15) is 93.3 Å². The fourth-order valence-electron chi connectivity index (χ4n) is 8.17. The van der Waals surface area contributed by atoms with E-state index in [1.165, 1.54) is 43.0 Å². The molecule has 0 saturated heterocycles. The number of aliphatic carboxylic acids is 1. The Kier molecular flexibility index (Phi) is 19.6. The van der Waals surface area contributed by atoms with Crippen LogP contribution >= 0.6 is 23.2 Å². The number of primary amides is 2. The highest BCUT2D eigenvalue weighted by molar-refractivity contribution is 6.32. The van der Waals surface area contributed by atoms with E-state index >= 15 is 0 Å². The van der Waals surface area contributed by atoms with Crippen molar-refractivity contribution in [1.29, 1.82) is 0 Å². The molecular formula is C48H58Cl2F6N8O5. The zero-order chi connectivity index (χ0) is 51.5. The lowest BCUT2D eigenvalue weighted by Gasteiger charge is -2.30. The number of amides is 3. The number of nitrogens with one attached hydrogen (secondary N) is 1. The number of hydrogen-bond acceptors (Lipinski definition) is 9. The van der Waals surface area contributed by atoms with Crippen LogP contribution in [0.4, 0.5) is 26.3 Å². The van der Waals surface area contributed by atoms with E-state index in [-0.39, 0.29) is 50.7 Å². The number of carbonyl (C=O) groups excluding carboxylic acids is 3. The lowest BCUT2D eigenvalue weighted by atomic mass is 9.80. The lowest BCUT2D eigenvalue weighted by Crippen LogP contribution is -2.42. The number of likely N-dealkylation sites (N-methyl/N-ethyl adjacent to an activating group) is 2. The summed E-state index contributed by atoms with van der Waals surface area (Å²) in [4.78, 5) is 57.6. The van der Waals surface area contributed by atoms with Crippen LogP contribution in [0.5, 0.6) is 0 Å². The minimum absolute atomic E-state index is 0.00343. The van der Waals surface area contributed by atoms with Gasteiger partial charge in [0.05, 0.1) is 17.3 Å². The predicted molar refractivity (Wildman–Crippen MR) is 251 cm³/mol. The van der Waals surface area contributed by atoms with Gasteiger partial charge in [-0.25, -0.2) is 0 Å². The molecule has 3 amide bonds. The van der Waals surface area contributed by atoms with Crippen LogP contribution in [0.2, 0.25) is 10.0 Å². The van der Waals surface area contributed by atoms with E-state index in [4.69, 9.17) is 45.5 Å². The van der Waals surface area contributed by atoms with Crippen LogP contribution in [-0.2, 0) is 22.4 Å². The fourth-order valence-corrected chi connectivity index (χ4v) is 8.69. The van der Waals surface area contributed by atoms with Crippen LogP contribution in [0.15, 0.2) is 85.5 Å². The van der Waals surface area contributed by atoms with Crippen LogP contribution in [0, 0.1) is 10.8 Å². The number of aromatic nitrogens is 2. The van der Waals surface area contributed by atoms with E-state index in [1.54, 1.807) is 36.4 Å². The van der Waals surface area contributed by atoms with E-state index in [1.807, 2.05) is 39.2 Å². The van der Waals surface area contributed by atoms with Crippen molar-refractivity contribution in [3.8, 4) is 0 Å². The van der Waals surface area contributed by atoms with Gasteiger partial charge in [0, 0.05) is 89.4 Å². The molecular weight excluding hydrogens is 953 g/mol. The molecule has 2 saturated carbocycles. The SMILES string of the molecule is CN(C)[C@H](CN)Cc1ccc(C(N)=O)cc1Cl.CN(C)[C@H](CNC(=O)CC(c1cccnc1)C1(C(F)(F)F)CC1)Cc1ccc(C(N)=O)cc1Cl.O=C(O)CC(c1cccnc1)C1(C(F)(F)F)CC1. The van der Waals surface area contributed by atoms with Gasteiger partial charge in [0.25, 0.3) is 0 Å². The van der Waals surface area contributed by atoms with Crippen LogP contribution in [-0.4, -0.2) is 114 Å². The molecule has 2 aromatic carbocycles. The summed E-state index contributed by atoms with van der Waals surface area (Å²) in [7, 11) is 7.63. The second kappa shape index (κ2) is 24.0. The molecule has 21 heteroatoms. The number of carboxylic acids is 1. The number of nitrogens with zero attached hydrogens (tertiary/aromatic N) is 4. The van der Waals surface area contributed by atoms with Crippen LogP contribution < -0.4 is 22.5 Å². The second-order valence-electron chi connectivity index (χ2n) is 17.8. The second-order valence-corrected chi connectivity index (χ2v) is 18.6. The Hall–Kier alpha value is -5.34. The number of carboxylic acid groups (broad SMARTS) is 1. The summed E-state index contributed by atoms with van der Waals surface area (Å²) in [6.07, 6.45) is -2.69. The van der Waals surface area contributed by atoms with Crippen molar-refractivity contribution in [2.24, 2.45) is 28.0 Å². The highest BCUT2D eigenvalue weighted by atomic mass is 35.5. The van der Waals surface area contributed by atoms with E-state index in [9.17, 15) is 45.5 Å². The molecule has 376 valence electrons. The number of benzene rings is 2. The average Bonchev–Trinajstić information content (AvgIpc) is 4.22. The summed E-state index contributed by atoms with van der Waals surface area (Å²) in [5, 5.41) is 12.6. The Morgan fingerprint density at radius 1 is 0.696 bits per heavy atom. The highest BCUT2D eigenvalue weighted by Gasteiger charge is 2.68. The molecule has 2 unspecified atom stereocenters. The van der Waals surface area contributed by atoms with Gasteiger partial charge in [0.1, 0.15) is 0 Å². The maximum Gasteiger partial charge on any atom is 0.395 e. The number of nitrogens with two attached hydrogens (primary N) is 3. The van der Waals surface area contributed by atoms with Crippen molar-refractivity contribution in [3.05, 3.63) is 129 Å². The molecule has 2 aromatic heterocycles. The fraction of sp³-hybridized carbons (Fsp3) is 0.458. The number of alkyl halides is 6.